The van der Waals surface area contributed by atoms with Crippen LogP contribution in [0.4, 0.5) is 5.69 Å². The summed E-state index contributed by atoms with van der Waals surface area (Å²) in [5.74, 6) is 0. The Kier molecular flexibility index (Phi) is 4.12. The van der Waals surface area contributed by atoms with Gasteiger partial charge in [0.15, 0.2) is 0 Å². The molecule has 0 radical (unpaired) electrons. The van der Waals surface area contributed by atoms with Gasteiger partial charge in [-0.1, -0.05) is 30.9 Å². The normalized spacial score (nSPS) is 11.1. The molecule has 0 aromatic heterocycles. The fourth-order valence-corrected chi connectivity index (χ4v) is 1.39. The van der Waals surface area contributed by atoms with E-state index >= 15 is 0 Å². The Balaban J connectivity index is 2.93. The highest BCUT2D eigenvalue weighted by Gasteiger charge is 1.99. The molecule has 1 rings (SSSR count). The van der Waals surface area contributed by atoms with Crippen molar-refractivity contribution in [3.05, 3.63) is 65.9 Å². The highest BCUT2D eigenvalue weighted by atomic mass is 14.9. The number of allylic oxidation sites excluding steroid dienone is 3. The fourth-order valence-electron chi connectivity index (χ4n) is 1.39. The van der Waals surface area contributed by atoms with E-state index in [0.717, 1.165) is 22.5 Å². The number of anilines is 1. The van der Waals surface area contributed by atoms with Crippen molar-refractivity contribution >= 4 is 5.69 Å². The molecule has 1 heteroatoms. The van der Waals surface area contributed by atoms with Gasteiger partial charge in [0.25, 0.3) is 0 Å². The van der Waals surface area contributed by atoms with Crippen molar-refractivity contribution in [3.63, 3.8) is 0 Å². The standard InChI is InChI=1S/C15H19N/c1-11(2)9-15(12(3)4)16-14-8-6-7-13(5)10-14/h6-10,16H,1,3H2,2,4-5H3/b15-9+. The van der Waals surface area contributed by atoms with E-state index in [1.54, 1.807) is 0 Å². The van der Waals surface area contributed by atoms with Crippen LogP contribution in [0.3, 0.4) is 0 Å². The Morgan fingerprint density at radius 1 is 1.25 bits per heavy atom. The number of rotatable bonds is 4. The van der Waals surface area contributed by atoms with Crippen molar-refractivity contribution in [2.24, 2.45) is 0 Å². The Hall–Kier alpha value is -1.76. The predicted molar refractivity (Wildman–Crippen MR) is 72.5 cm³/mol. The highest BCUT2D eigenvalue weighted by Crippen LogP contribution is 2.16. The molecule has 1 aromatic carbocycles. The van der Waals surface area contributed by atoms with Gasteiger partial charge >= 0.3 is 0 Å². The minimum atomic E-state index is 1.00. The van der Waals surface area contributed by atoms with Crippen LogP contribution in [0, 0.1) is 6.92 Å². The smallest absolute Gasteiger partial charge is 0.0410 e. The van der Waals surface area contributed by atoms with Crippen LogP contribution >= 0.6 is 0 Å². The molecule has 16 heavy (non-hydrogen) atoms. The first-order valence-electron chi connectivity index (χ1n) is 5.36. The summed E-state index contributed by atoms with van der Waals surface area (Å²) < 4.78 is 0. The van der Waals surface area contributed by atoms with E-state index in [1.165, 1.54) is 5.56 Å². The third-order valence-corrected chi connectivity index (χ3v) is 2.15. The Morgan fingerprint density at radius 3 is 2.44 bits per heavy atom. The summed E-state index contributed by atoms with van der Waals surface area (Å²) in [6.45, 7) is 13.9. The van der Waals surface area contributed by atoms with Gasteiger partial charge in [-0.3, -0.25) is 0 Å². The third kappa shape index (κ3) is 3.77. The van der Waals surface area contributed by atoms with E-state index in [4.69, 9.17) is 0 Å². The summed E-state index contributed by atoms with van der Waals surface area (Å²) in [6.07, 6.45) is 2.00. The largest absolute Gasteiger partial charge is 0.355 e. The molecule has 0 atom stereocenters. The first kappa shape index (κ1) is 12.3. The zero-order valence-electron chi connectivity index (χ0n) is 10.3. The molecule has 0 spiro atoms. The average Bonchev–Trinajstić information content (AvgIpc) is 2.15. The van der Waals surface area contributed by atoms with Gasteiger partial charge in [-0.05, 0) is 50.1 Å². The van der Waals surface area contributed by atoms with Crippen LogP contribution < -0.4 is 5.32 Å². The van der Waals surface area contributed by atoms with Crippen molar-refractivity contribution in [1.29, 1.82) is 0 Å². The molecule has 0 fully saturated rings. The lowest BCUT2D eigenvalue weighted by molar-refractivity contribution is 1.32. The molecule has 1 aromatic rings. The zero-order chi connectivity index (χ0) is 12.1. The molecule has 1 nitrogen and oxygen atoms in total. The van der Waals surface area contributed by atoms with Crippen molar-refractivity contribution in [2.45, 2.75) is 20.8 Å². The molecule has 84 valence electrons. The second kappa shape index (κ2) is 5.36. The van der Waals surface area contributed by atoms with Gasteiger partial charge in [0.05, 0.1) is 0 Å². The van der Waals surface area contributed by atoms with Crippen molar-refractivity contribution < 1.29 is 0 Å². The van der Waals surface area contributed by atoms with Crippen LogP contribution in [0.5, 0.6) is 0 Å². The van der Waals surface area contributed by atoms with E-state index in [9.17, 15) is 0 Å². The molecule has 0 saturated carbocycles. The minimum Gasteiger partial charge on any atom is -0.355 e. The first-order chi connectivity index (χ1) is 7.49. The second-order valence-corrected chi connectivity index (χ2v) is 4.18. The summed E-state index contributed by atoms with van der Waals surface area (Å²) in [7, 11) is 0. The first-order valence-corrected chi connectivity index (χ1v) is 5.36. The number of benzene rings is 1. The summed E-state index contributed by atoms with van der Waals surface area (Å²) in [6, 6.07) is 8.26. The van der Waals surface area contributed by atoms with Crippen LogP contribution in [-0.4, -0.2) is 0 Å². The number of aryl methyl sites for hydroxylation is 1. The lowest BCUT2D eigenvalue weighted by atomic mass is 10.1. The van der Waals surface area contributed by atoms with Crippen LogP contribution in [0.2, 0.25) is 0 Å². The van der Waals surface area contributed by atoms with Crippen LogP contribution in [0.15, 0.2) is 60.3 Å². The number of hydrogen-bond acceptors (Lipinski definition) is 1. The fraction of sp³-hybridized carbons (Fsp3) is 0.200. The SMILES string of the molecule is C=C(C)/C=C(/Nc1cccc(C)c1)C(=C)C. The third-order valence-electron chi connectivity index (χ3n) is 2.15. The van der Waals surface area contributed by atoms with Crippen LogP contribution in [-0.2, 0) is 0 Å². The number of nitrogens with one attached hydrogen (secondary N) is 1. The lowest BCUT2D eigenvalue weighted by Crippen LogP contribution is -2.00. The molecule has 0 amide bonds. The second-order valence-electron chi connectivity index (χ2n) is 4.18. The molecule has 0 aliphatic rings. The monoisotopic (exact) mass is 213 g/mol. The molecule has 0 unspecified atom stereocenters. The minimum absolute atomic E-state index is 1.00. The molecule has 0 heterocycles. The van der Waals surface area contributed by atoms with Gasteiger partial charge < -0.3 is 5.32 Å². The maximum atomic E-state index is 3.96. The number of hydrogen-bond donors (Lipinski definition) is 1. The van der Waals surface area contributed by atoms with Gasteiger partial charge in [-0.25, -0.2) is 0 Å². The van der Waals surface area contributed by atoms with Crippen molar-refractivity contribution in [1.82, 2.24) is 0 Å². The highest BCUT2D eigenvalue weighted by molar-refractivity contribution is 5.54. The van der Waals surface area contributed by atoms with E-state index in [2.05, 4.69) is 37.5 Å². The van der Waals surface area contributed by atoms with Gasteiger partial charge in [0.1, 0.15) is 0 Å². The zero-order valence-corrected chi connectivity index (χ0v) is 10.3. The van der Waals surface area contributed by atoms with E-state index < -0.39 is 0 Å². The summed E-state index contributed by atoms with van der Waals surface area (Å²) in [5, 5.41) is 3.35. The van der Waals surface area contributed by atoms with E-state index in [0.29, 0.717) is 0 Å². The Bertz CT molecular complexity index is 439. The van der Waals surface area contributed by atoms with Gasteiger partial charge in [0.2, 0.25) is 0 Å². The van der Waals surface area contributed by atoms with E-state index in [1.807, 2.05) is 32.1 Å². The quantitative estimate of drug-likeness (QED) is 0.729. The summed E-state index contributed by atoms with van der Waals surface area (Å²) in [4.78, 5) is 0. The van der Waals surface area contributed by atoms with Gasteiger partial charge in [0, 0.05) is 11.4 Å². The molecule has 0 aliphatic heterocycles. The maximum absolute atomic E-state index is 3.96. The lowest BCUT2D eigenvalue weighted by Gasteiger charge is -2.11. The molecular formula is C15H19N. The molecule has 0 aliphatic carbocycles. The van der Waals surface area contributed by atoms with Crippen LogP contribution in [0.1, 0.15) is 19.4 Å². The average molecular weight is 213 g/mol. The van der Waals surface area contributed by atoms with Crippen molar-refractivity contribution in [2.75, 3.05) is 5.32 Å². The Morgan fingerprint density at radius 2 is 1.94 bits per heavy atom. The molecular weight excluding hydrogens is 194 g/mol. The summed E-state index contributed by atoms with van der Waals surface area (Å²) >= 11 is 0. The topological polar surface area (TPSA) is 12.0 Å². The van der Waals surface area contributed by atoms with E-state index in [-0.39, 0.29) is 0 Å². The van der Waals surface area contributed by atoms with Crippen molar-refractivity contribution in [3.8, 4) is 0 Å². The summed E-state index contributed by atoms with van der Waals surface area (Å²) in [5.41, 5.74) is 5.35. The molecule has 0 bridgehead atoms. The maximum Gasteiger partial charge on any atom is 0.0410 e. The molecule has 0 saturated heterocycles. The van der Waals surface area contributed by atoms with Gasteiger partial charge in [-0.15, -0.1) is 0 Å². The molecule has 1 N–H and O–H groups in total. The van der Waals surface area contributed by atoms with Gasteiger partial charge in [-0.2, -0.15) is 0 Å². The predicted octanol–water partition coefficient (Wildman–Crippen LogP) is 4.44. The Labute approximate surface area is 98.2 Å². The van der Waals surface area contributed by atoms with Crippen LogP contribution in [0.25, 0.3) is 0 Å².